The van der Waals surface area contributed by atoms with E-state index >= 15 is 0 Å². The normalized spacial score (nSPS) is 11.5. The molecule has 0 spiro atoms. The smallest absolute Gasteiger partial charge is 0.325 e. The third-order valence-electron chi connectivity index (χ3n) is 8.47. The van der Waals surface area contributed by atoms with Crippen LogP contribution in [0.5, 0.6) is 0 Å². The van der Waals surface area contributed by atoms with Crippen molar-refractivity contribution in [2.45, 2.75) is 135 Å². The molecular formula is C37H61N7O4. The van der Waals surface area contributed by atoms with Crippen molar-refractivity contribution < 1.29 is 19.1 Å². The highest BCUT2D eigenvalue weighted by Gasteiger charge is 2.20. The predicted molar refractivity (Wildman–Crippen MR) is 193 cm³/mol. The van der Waals surface area contributed by atoms with E-state index in [9.17, 15) is 14.4 Å². The molecule has 0 aliphatic carbocycles. The number of rotatable bonds is 28. The van der Waals surface area contributed by atoms with Crippen LogP contribution in [0.25, 0.3) is 11.2 Å². The molecule has 2 amide bonds. The van der Waals surface area contributed by atoms with E-state index in [0.717, 1.165) is 25.7 Å². The Hall–Kier alpha value is -3.76. The number of hydrogen-bond acceptors (Lipinski definition) is 8. The van der Waals surface area contributed by atoms with Crippen LogP contribution >= 0.6 is 0 Å². The highest BCUT2D eigenvalue weighted by molar-refractivity contribution is 5.85. The van der Waals surface area contributed by atoms with E-state index in [-0.39, 0.29) is 43.8 Å². The minimum absolute atomic E-state index is 0.0559. The Morgan fingerprint density at radius 1 is 0.833 bits per heavy atom. The number of ether oxygens (including phenoxy) is 1. The number of anilines is 1. The first-order chi connectivity index (χ1) is 23.5. The molecule has 11 heteroatoms. The van der Waals surface area contributed by atoms with Crippen molar-refractivity contribution >= 4 is 34.8 Å². The van der Waals surface area contributed by atoms with Gasteiger partial charge in [0.15, 0.2) is 11.5 Å². The molecule has 2 aromatic heterocycles. The molecule has 2 heterocycles. The summed E-state index contributed by atoms with van der Waals surface area (Å²) in [4.78, 5) is 50.9. The molecule has 48 heavy (non-hydrogen) atoms. The summed E-state index contributed by atoms with van der Waals surface area (Å²) in [5.74, 6) is -0.710. The van der Waals surface area contributed by atoms with Crippen molar-refractivity contribution in [3.8, 4) is 0 Å². The van der Waals surface area contributed by atoms with Gasteiger partial charge in [0.2, 0.25) is 11.8 Å². The molecule has 0 saturated heterocycles. The fourth-order valence-electron chi connectivity index (χ4n) is 5.55. The van der Waals surface area contributed by atoms with E-state index in [2.05, 4.69) is 51.5 Å². The molecule has 0 fully saturated rings. The van der Waals surface area contributed by atoms with Gasteiger partial charge in [0.05, 0.1) is 13.4 Å². The first-order valence-electron chi connectivity index (χ1n) is 18.3. The van der Waals surface area contributed by atoms with Crippen molar-refractivity contribution in [3.05, 3.63) is 37.0 Å². The van der Waals surface area contributed by atoms with Gasteiger partial charge in [-0.15, -0.1) is 0 Å². The molecule has 0 bridgehead atoms. The summed E-state index contributed by atoms with van der Waals surface area (Å²) in [6.07, 6.45) is 34.8. The number of aromatic nitrogens is 4. The van der Waals surface area contributed by atoms with Gasteiger partial charge in [-0.05, 0) is 32.1 Å². The number of methoxy groups -OCH3 is 1. The lowest BCUT2D eigenvalue weighted by atomic mass is 10.1. The molecule has 0 aromatic carbocycles. The SMILES string of the molecule is CCCCCCCCCCCC/C=C/C=C/CCCCCCCCC(=O)NCCN(CC(=O)OC)C(=O)Cn1cnc2c(N)ncnc21. The number of carbonyl (C=O) groups is 3. The maximum atomic E-state index is 13.0. The van der Waals surface area contributed by atoms with Crippen molar-refractivity contribution in [3.63, 3.8) is 0 Å². The molecule has 0 atom stereocenters. The third-order valence-corrected chi connectivity index (χ3v) is 8.47. The average Bonchev–Trinajstić information content (AvgIpc) is 3.50. The highest BCUT2D eigenvalue weighted by Crippen LogP contribution is 2.15. The topological polar surface area (TPSA) is 145 Å². The lowest BCUT2D eigenvalue weighted by Gasteiger charge is -2.22. The summed E-state index contributed by atoms with van der Waals surface area (Å²) in [7, 11) is 1.27. The van der Waals surface area contributed by atoms with Gasteiger partial charge in [-0.25, -0.2) is 15.0 Å². The minimum Gasteiger partial charge on any atom is -0.468 e. The number of nitrogens with two attached hydrogens (primary N) is 1. The zero-order valence-electron chi connectivity index (χ0n) is 29.7. The standard InChI is InChI=1S/C37H61N7O4/c1-3-4-5-6-7-8-9-10-11-12-13-14-15-16-17-18-19-20-21-22-23-24-25-32(45)39-26-27-43(29-34(47)48-2)33(46)28-44-31-42-35-36(38)40-30-41-37(35)44/h14-17,30-31H,3-13,18-29H2,1-2H3,(H,39,45)(H2,38,40,41)/b15-14+,17-16+. The molecule has 0 radical (unpaired) electrons. The van der Waals surface area contributed by atoms with Crippen molar-refractivity contribution in [1.82, 2.24) is 29.7 Å². The largest absolute Gasteiger partial charge is 0.468 e. The summed E-state index contributed by atoms with van der Waals surface area (Å²) in [6.45, 7) is 2.37. The second-order valence-electron chi connectivity index (χ2n) is 12.5. The highest BCUT2D eigenvalue weighted by atomic mass is 16.5. The summed E-state index contributed by atoms with van der Waals surface area (Å²) in [6, 6.07) is 0. The molecule has 268 valence electrons. The molecule has 0 unspecified atom stereocenters. The van der Waals surface area contributed by atoms with Crippen LogP contribution in [0, 0.1) is 0 Å². The monoisotopic (exact) mass is 667 g/mol. The third kappa shape index (κ3) is 18.0. The molecule has 3 N–H and O–H groups in total. The quantitative estimate of drug-likeness (QED) is 0.0557. The summed E-state index contributed by atoms with van der Waals surface area (Å²) < 4.78 is 6.30. The van der Waals surface area contributed by atoms with Crippen LogP contribution in [0.4, 0.5) is 5.82 Å². The number of nitrogens with zero attached hydrogens (tertiary/aromatic N) is 5. The fraction of sp³-hybridized carbons (Fsp3) is 0.676. The van der Waals surface area contributed by atoms with Crippen LogP contribution in [-0.2, 0) is 25.7 Å². The number of nitrogens with one attached hydrogen (secondary N) is 1. The van der Waals surface area contributed by atoms with Crippen LogP contribution in [0.1, 0.15) is 129 Å². The maximum absolute atomic E-state index is 13.0. The predicted octanol–water partition coefficient (Wildman–Crippen LogP) is 7.07. The Morgan fingerprint density at radius 2 is 1.42 bits per heavy atom. The van der Waals surface area contributed by atoms with Crippen LogP contribution in [0.15, 0.2) is 37.0 Å². The van der Waals surface area contributed by atoms with E-state index in [1.807, 2.05) is 0 Å². The van der Waals surface area contributed by atoms with Crippen LogP contribution in [0.2, 0.25) is 0 Å². The second-order valence-corrected chi connectivity index (χ2v) is 12.5. The van der Waals surface area contributed by atoms with Gasteiger partial charge in [-0.3, -0.25) is 14.4 Å². The van der Waals surface area contributed by atoms with Gasteiger partial charge in [0.1, 0.15) is 24.9 Å². The van der Waals surface area contributed by atoms with E-state index < -0.39 is 5.97 Å². The summed E-state index contributed by atoms with van der Waals surface area (Å²) in [5.41, 5.74) is 6.66. The number of esters is 1. The maximum Gasteiger partial charge on any atom is 0.325 e. The zero-order valence-corrected chi connectivity index (χ0v) is 29.7. The number of nitrogen functional groups attached to an aromatic ring is 1. The Morgan fingerprint density at radius 3 is 2.02 bits per heavy atom. The minimum atomic E-state index is -0.542. The van der Waals surface area contributed by atoms with Crippen molar-refractivity contribution in [2.24, 2.45) is 0 Å². The molecule has 2 aromatic rings. The number of carbonyl (C=O) groups excluding carboxylic acids is 3. The van der Waals surface area contributed by atoms with Gasteiger partial charge < -0.3 is 25.3 Å². The first-order valence-corrected chi connectivity index (χ1v) is 18.3. The van der Waals surface area contributed by atoms with Crippen molar-refractivity contribution in [1.29, 1.82) is 0 Å². The van der Waals surface area contributed by atoms with Crippen LogP contribution < -0.4 is 11.1 Å². The summed E-state index contributed by atoms with van der Waals surface area (Å²) >= 11 is 0. The number of hydrogen-bond donors (Lipinski definition) is 2. The van der Waals surface area contributed by atoms with Gasteiger partial charge in [-0.2, -0.15) is 0 Å². The van der Waals surface area contributed by atoms with Crippen molar-refractivity contribution in [2.75, 3.05) is 32.5 Å². The Kier molecular flexibility index (Phi) is 22.1. The lowest BCUT2D eigenvalue weighted by Crippen LogP contribution is -2.43. The lowest BCUT2D eigenvalue weighted by molar-refractivity contribution is -0.147. The fourth-order valence-corrected chi connectivity index (χ4v) is 5.55. The molecule has 0 aliphatic rings. The molecule has 0 aliphatic heterocycles. The molecule has 2 rings (SSSR count). The number of unbranched alkanes of at least 4 members (excludes halogenated alkanes) is 16. The van der Waals surface area contributed by atoms with Gasteiger partial charge >= 0.3 is 5.97 Å². The Bertz CT molecular complexity index is 1240. The first kappa shape index (κ1) is 40.4. The Balaban J connectivity index is 1.47. The molecular weight excluding hydrogens is 606 g/mol. The number of amides is 2. The average molecular weight is 668 g/mol. The van der Waals surface area contributed by atoms with E-state index in [1.165, 1.54) is 115 Å². The summed E-state index contributed by atoms with van der Waals surface area (Å²) in [5, 5.41) is 2.86. The molecule has 0 saturated carbocycles. The van der Waals surface area contributed by atoms with Gasteiger partial charge in [-0.1, -0.05) is 115 Å². The molecule has 11 nitrogen and oxygen atoms in total. The van der Waals surface area contributed by atoms with E-state index in [4.69, 9.17) is 10.5 Å². The van der Waals surface area contributed by atoms with E-state index in [0.29, 0.717) is 17.6 Å². The Labute approximate surface area is 288 Å². The number of allylic oxidation sites excluding steroid dienone is 4. The zero-order chi connectivity index (χ0) is 34.7. The number of imidazole rings is 1. The van der Waals surface area contributed by atoms with E-state index in [1.54, 1.807) is 4.57 Å². The van der Waals surface area contributed by atoms with Gasteiger partial charge in [0, 0.05) is 19.5 Å². The van der Waals surface area contributed by atoms with Crippen LogP contribution in [0.3, 0.4) is 0 Å². The number of fused-ring (bicyclic) bond motifs is 1. The van der Waals surface area contributed by atoms with Crippen LogP contribution in [-0.4, -0.2) is 68.9 Å². The second kappa shape index (κ2) is 26.2. The van der Waals surface area contributed by atoms with Gasteiger partial charge in [0.25, 0.3) is 0 Å².